The number of likely N-dealkylation sites (tertiary alicyclic amines) is 1. The first-order chi connectivity index (χ1) is 12.7. The summed E-state index contributed by atoms with van der Waals surface area (Å²) in [4.78, 5) is 14.7. The third-order valence-corrected chi connectivity index (χ3v) is 5.36. The highest BCUT2D eigenvalue weighted by Crippen LogP contribution is 2.29. The zero-order valence-electron chi connectivity index (χ0n) is 15.2. The summed E-state index contributed by atoms with van der Waals surface area (Å²) in [6.07, 6.45) is 1.99. The molecule has 2 aliphatic rings. The number of rotatable bonds is 3. The van der Waals surface area contributed by atoms with E-state index in [-0.39, 0.29) is 12.0 Å². The predicted molar refractivity (Wildman–Crippen MR) is 94.8 cm³/mol. The lowest BCUT2D eigenvalue weighted by Gasteiger charge is -2.30. The molecule has 7 heteroatoms. The van der Waals surface area contributed by atoms with Crippen molar-refractivity contribution in [1.82, 2.24) is 19.9 Å². The van der Waals surface area contributed by atoms with Crippen LogP contribution in [-0.4, -0.2) is 46.0 Å². The van der Waals surface area contributed by atoms with E-state index < -0.39 is 0 Å². The van der Waals surface area contributed by atoms with Crippen LogP contribution in [0.2, 0.25) is 0 Å². The van der Waals surface area contributed by atoms with Crippen LogP contribution in [0.25, 0.3) is 0 Å². The average Bonchev–Trinajstić information content (AvgIpc) is 3.11. The molecule has 1 saturated heterocycles. The molecule has 1 aromatic carbocycles. The summed E-state index contributed by atoms with van der Waals surface area (Å²) in [7, 11) is 1.65. The SMILES string of the molecule is COc1ccc(C2Cn3nnc(C(=O)N4CCC(C)CC4)c3CO2)cc1. The maximum atomic E-state index is 12.8. The van der Waals surface area contributed by atoms with E-state index in [0.29, 0.717) is 24.8 Å². The van der Waals surface area contributed by atoms with Crippen molar-refractivity contribution in [2.24, 2.45) is 5.92 Å². The highest BCUT2D eigenvalue weighted by atomic mass is 16.5. The summed E-state index contributed by atoms with van der Waals surface area (Å²) < 4.78 is 13.0. The second kappa shape index (κ2) is 7.07. The number of aromatic nitrogens is 3. The van der Waals surface area contributed by atoms with Crippen molar-refractivity contribution in [3.05, 3.63) is 41.2 Å². The second-order valence-corrected chi connectivity index (χ2v) is 7.11. The maximum absolute atomic E-state index is 12.8. The summed E-state index contributed by atoms with van der Waals surface area (Å²) in [5.74, 6) is 1.47. The summed E-state index contributed by atoms with van der Waals surface area (Å²) >= 11 is 0. The number of methoxy groups -OCH3 is 1. The lowest BCUT2D eigenvalue weighted by molar-refractivity contribution is -0.00202. The van der Waals surface area contributed by atoms with Crippen molar-refractivity contribution in [3.63, 3.8) is 0 Å². The van der Waals surface area contributed by atoms with Crippen LogP contribution >= 0.6 is 0 Å². The minimum absolute atomic E-state index is 0.0235. The van der Waals surface area contributed by atoms with Gasteiger partial charge in [0.15, 0.2) is 5.69 Å². The van der Waals surface area contributed by atoms with Gasteiger partial charge in [0, 0.05) is 13.1 Å². The van der Waals surface area contributed by atoms with Gasteiger partial charge in [0.1, 0.15) is 11.9 Å². The minimum Gasteiger partial charge on any atom is -0.497 e. The van der Waals surface area contributed by atoms with Crippen LogP contribution in [0.4, 0.5) is 0 Å². The van der Waals surface area contributed by atoms with E-state index >= 15 is 0 Å². The van der Waals surface area contributed by atoms with Gasteiger partial charge in [0.25, 0.3) is 5.91 Å². The Bertz CT molecular complexity index is 779. The van der Waals surface area contributed by atoms with Gasteiger partial charge in [-0.05, 0) is 36.5 Å². The number of piperidine rings is 1. The number of carbonyl (C=O) groups excluding carboxylic acids is 1. The smallest absolute Gasteiger partial charge is 0.276 e. The molecule has 0 spiro atoms. The van der Waals surface area contributed by atoms with Gasteiger partial charge in [-0.3, -0.25) is 4.79 Å². The number of benzene rings is 1. The van der Waals surface area contributed by atoms with Gasteiger partial charge in [0.05, 0.1) is 26.0 Å². The Balaban J connectivity index is 1.48. The average molecular weight is 356 g/mol. The van der Waals surface area contributed by atoms with Crippen LogP contribution in [-0.2, 0) is 17.9 Å². The van der Waals surface area contributed by atoms with Crippen LogP contribution in [0.15, 0.2) is 24.3 Å². The fourth-order valence-electron chi connectivity index (χ4n) is 3.56. The van der Waals surface area contributed by atoms with Crippen molar-refractivity contribution in [3.8, 4) is 5.75 Å². The summed E-state index contributed by atoms with van der Waals surface area (Å²) in [5.41, 5.74) is 2.27. The van der Waals surface area contributed by atoms with Gasteiger partial charge in [0.2, 0.25) is 0 Å². The lowest BCUT2D eigenvalue weighted by Crippen LogP contribution is -2.38. The van der Waals surface area contributed by atoms with Gasteiger partial charge in [-0.15, -0.1) is 5.10 Å². The number of hydrogen-bond acceptors (Lipinski definition) is 5. The van der Waals surface area contributed by atoms with Crippen LogP contribution in [0.1, 0.15) is 47.6 Å². The standard InChI is InChI=1S/C19H24N4O3/c1-13-7-9-22(10-8-13)19(24)18-16-12-26-17(11-23(16)21-20-18)14-3-5-15(25-2)6-4-14/h3-6,13,17H,7-12H2,1-2H3. The zero-order chi connectivity index (χ0) is 18.1. The Morgan fingerprint density at radius 2 is 1.96 bits per heavy atom. The highest BCUT2D eigenvalue weighted by Gasteiger charge is 2.31. The van der Waals surface area contributed by atoms with E-state index in [1.807, 2.05) is 29.2 Å². The molecule has 1 fully saturated rings. The van der Waals surface area contributed by atoms with Gasteiger partial charge in [-0.25, -0.2) is 4.68 Å². The molecule has 0 radical (unpaired) electrons. The quantitative estimate of drug-likeness (QED) is 0.845. The van der Waals surface area contributed by atoms with Crippen molar-refractivity contribution in [2.75, 3.05) is 20.2 Å². The molecule has 3 heterocycles. The molecule has 0 N–H and O–H groups in total. The number of carbonyl (C=O) groups is 1. The van der Waals surface area contributed by atoms with Crippen molar-refractivity contribution < 1.29 is 14.3 Å². The van der Waals surface area contributed by atoms with Crippen molar-refractivity contribution in [2.45, 2.75) is 39.0 Å². The monoisotopic (exact) mass is 356 g/mol. The third-order valence-electron chi connectivity index (χ3n) is 5.36. The fourth-order valence-corrected chi connectivity index (χ4v) is 3.56. The molecule has 1 unspecified atom stereocenters. The predicted octanol–water partition coefficient (Wildman–Crippen LogP) is 2.43. The molecule has 0 aliphatic carbocycles. The molecule has 138 valence electrons. The first-order valence-corrected chi connectivity index (χ1v) is 9.13. The largest absolute Gasteiger partial charge is 0.497 e. The molecule has 2 aliphatic heterocycles. The van der Waals surface area contributed by atoms with Crippen LogP contribution in [0.5, 0.6) is 5.75 Å². The Morgan fingerprint density at radius 3 is 2.65 bits per heavy atom. The zero-order valence-corrected chi connectivity index (χ0v) is 15.2. The summed E-state index contributed by atoms with van der Waals surface area (Å²) in [5, 5.41) is 8.38. The molecule has 1 aromatic heterocycles. The second-order valence-electron chi connectivity index (χ2n) is 7.11. The number of ether oxygens (including phenoxy) is 2. The van der Waals surface area contributed by atoms with Gasteiger partial charge >= 0.3 is 0 Å². The topological polar surface area (TPSA) is 69.5 Å². The number of amides is 1. The van der Waals surface area contributed by atoms with Crippen molar-refractivity contribution in [1.29, 1.82) is 0 Å². The molecule has 0 saturated carbocycles. The lowest BCUT2D eigenvalue weighted by atomic mass is 9.99. The molecule has 2 aromatic rings. The maximum Gasteiger partial charge on any atom is 0.276 e. The summed E-state index contributed by atoms with van der Waals surface area (Å²) in [6.45, 7) is 4.71. The normalized spacial score (nSPS) is 20.7. The van der Waals surface area contributed by atoms with E-state index in [0.717, 1.165) is 42.9 Å². The first-order valence-electron chi connectivity index (χ1n) is 9.13. The highest BCUT2D eigenvalue weighted by molar-refractivity contribution is 5.93. The van der Waals surface area contributed by atoms with Crippen molar-refractivity contribution >= 4 is 5.91 Å². The molecule has 1 amide bonds. The number of hydrogen-bond donors (Lipinski definition) is 0. The molecular formula is C19H24N4O3. The third kappa shape index (κ3) is 3.19. The number of nitrogens with zero attached hydrogens (tertiary/aromatic N) is 4. The van der Waals surface area contributed by atoms with Gasteiger partial charge in [-0.1, -0.05) is 24.3 Å². The minimum atomic E-state index is -0.103. The van der Waals surface area contributed by atoms with E-state index in [2.05, 4.69) is 17.2 Å². The van der Waals surface area contributed by atoms with Crippen LogP contribution < -0.4 is 4.74 Å². The molecule has 0 bridgehead atoms. The molecule has 26 heavy (non-hydrogen) atoms. The first kappa shape index (κ1) is 17.0. The van der Waals surface area contributed by atoms with Gasteiger partial charge < -0.3 is 14.4 Å². The van der Waals surface area contributed by atoms with E-state index in [9.17, 15) is 4.79 Å². The van der Waals surface area contributed by atoms with Gasteiger partial charge in [-0.2, -0.15) is 0 Å². The molecule has 4 rings (SSSR count). The number of fused-ring (bicyclic) bond motifs is 1. The van der Waals surface area contributed by atoms with Crippen LogP contribution in [0.3, 0.4) is 0 Å². The van der Waals surface area contributed by atoms with E-state index in [1.165, 1.54) is 0 Å². The van der Waals surface area contributed by atoms with E-state index in [1.54, 1.807) is 11.8 Å². The Kier molecular flexibility index (Phi) is 4.63. The molecule has 1 atom stereocenters. The fraction of sp³-hybridized carbons (Fsp3) is 0.526. The Labute approximate surface area is 152 Å². The Hall–Kier alpha value is -2.41. The Morgan fingerprint density at radius 1 is 1.23 bits per heavy atom. The molecule has 7 nitrogen and oxygen atoms in total. The van der Waals surface area contributed by atoms with E-state index in [4.69, 9.17) is 9.47 Å². The van der Waals surface area contributed by atoms with Crippen LogP contribution in [0, 0.1) is 5.92 Å². The summed E-state index contributed by atoms with van der Waals surface area (Å²) in [6, 6.07) is 7.82. The molecular weight excluding hydrogens is 332 g/mol.